The van der Waals surface area contributed by atoms with Gasteiger partial charge in [-0.3, -0.25) is 9.59 Å². The number of alkyl halides is 1. The summed E-state index contributed by atoms with van der Waals surface area (Å²) in [6, 6.07) is 7.96. The van der Waals surface area contributed by atoms with Gasteiger partial charge in [-0.05, 0) is 12.8 Å². The molecule has 1 aliphatic heterocycles. The van der Waals surface area contributed by atoms with Crippen LogP contribution in [0.15, 0.2) is 30.3 Å². The number of benzene rings is 1. The molecule has 2 unspecified atom stereocenters. The number of likely N-dealkylation sites (tertiary alicyclic amines) is 1. The Morgan fingerprint density at radius 2 is 1.91 bits per heavy atom. The fourth-order valence-electron chi connectivity index (χ4n) is 2.66. The van der Waals surface area contributed by atoms with Gasteiger partial charge < -0.3 is 10.0 Å². The number of carboxylic acids is 1. The zero-order chi connectivity index (χ0) is 16.3. The van der Waals surface area contributed by atoms with E-state index in [1.807, 2.05) is 6.07 Å². The van der Waals surface area contributed by atoms with Crippen LogP contribution >= 0.6 is 15.9 Å². The third-order valence-electron chi connectivity index (χ3n) is 3.96. The summed E-state index contributed by atoms with van der Waals surface area (Å²) in [6.07, 6.45) is 1.14. The van der Waals surface area contributed by atoms with E-state index in [0.29, 0.717) is 24.9 Å². The highest BCUT2D eigenvalue weighted by molar-refractivity contribution is 9.10. The van der Waals surface area contributed by atoms with Crippen LogP contribution in [-0.2, 0) is 9.59 Å². The molecule has 1 aliphatic rings. The average molecular weight is 368 g/mol. The molecular formula is C16H18BrNO4. The highest BCUT2D eigenvalue weighted by atomic mass is 79.9. The summed E-state index contributed by atoms with van der Waals surface area (Å²) in [4.78, 5) is 36.8. The Labute approximate surface area is 137 Å². The first-order valence-electron chi connectivity index (χ1n) is 7.20. The van der Waals surface area contributed by atoms with Crippen molar-refractivity contribution in [3.05, 3.63) is 35.9 Å². The highest BCUT2D eigenvalue weighted by Gasteiger charge is 2.39. The van der Waals surface area contributed by atoms with E-state index in [2.05, 4.69) is 15.9 Å². The van der Waals surface area contributed by atoms with E-state index in [0.717, 1.165) is 0 Å². The van der Waals surface area contributed by atoms with E-state index in [-0.39, 0.29) is 11.7 Å². The van der Waals surface area contributed by atoms with E-state index in [1.54, 1.807) is 31.2 Å². The molecule has 1 N–H and O–H groups in total. The normalized spacial score (nSPS) is 20.5. The molecule has 1 saturated heterocycles. The average Bonchev–Trinajstić information content (AvgIpc) is 3.02. The number of Topliss-reactive ketones (excluding diaryl/α,β-unsaturated/α-hetero) is 1. The minimum Gasteiger partial charge on any atom is -0.480 e. The Morgan fingerprint density at radius 3 is 2.50 bits per heavy atom. The Morgan fingerprint density at radius 1 is 1.27 bits per heavy atom. The number of hydrogen-bond acceptors (Lipinski definition) is 3. The van der Waals surface area contributed by atoms with Crippen LogP contribution in [0.2, 0.25) is 0 Å². The number of amides is 1. The lowest BCUT2D eigenvalue weighted by Crippen LogP contribution is -2.45. The molecule has 0 radical (unpaired) electrons. The number of hydrogen-bond donors (Lipinski definition) is 1. The molecule has 6 heteroatoms. The predicted octanol–water partition coefficient (Wildman–Crippen LogP) is 2.34. The molecule has 5 nitrogen and oxygen atoms in total. The Hall–Kier alpha value is -1.69. The van der Waals surface area contributed by atoms with Gasteiger partial charge in [0.15, 0.2) is 5.78 Å². The SMILES string of the molecule is CC(C(=O)N1CCC[C@H]1C(=O)O)C(Br)C(=O)c1ccccc1. The fourth-order valence-corrected chi connectivity index (χ4v) is 3.15. The lowest BCUT2D eigenvalue weighted by molar-refractivity contribution is -0.149. The summed E-state index contributed by atoms with van der Waals surface area (Å²) in [5.41, 5.74) is 0.528. The maximum atomic E-state index is 12.5. The number of rotatable bonds is 5. The van der Waals surface area contributed by atoms with Gasteiger partial charge in [0.1, 0.15) is 6.04 Å². The lowest BCUT2D eigenvalue weighted by Gasteiger charge is -2.26. The van der Waals surface area contributed by atoms with Crippen molar-refractivity contribution in [2.45, 2.75) is 30.6 Å². The minimum atomic E-state index is -0.987. The first kappa shape index (κ1) is 16.7. The summed E-state index contributed by atoms with van der Waals surface area (Å²) in [7, 11) is 0. The summed E-state index contributed by atoms with van der Waals surface area (Å²) >= 11 is 3.31. The summed E-state index contributed by atoms with van der Waals surface area (Å²) in [5, 5.41) is 9.17. The largest absolute Gasteiger partial charge is 0.480 e. The van der Waals surface area contributed by atoms with Crippen molar-refractivity contribution >= 4 is 33.6 Å². The van der Waals surface area contributed by atoms with Crippen LogP contribution in [0.3, 0.4) is 0 Å². The minimum absolute atomic E-state index is 0.174. The fraction of sp³-hybridized carbons (Fsp3) is 0.438. The van der Waals surface area contributed by atoms with Crippen LogP contribution in [0.5, 0.6) is 0 Å². The lowest BCUT2D eigenvalue weighted by atomic mass is 9.98. The van der Waals surface area contributed by atoms with Gasteiger partial charge in [-0.2, -0.15) is 0 Å². The van der Waals surface area contributed by atoms with Gasteiger partial charge in [-0.1, -0.05) is 53.2 Å². The van der Waals surface area contributed by atoms with E-state index < -0.39 is 22.8 Å². The molecule has 22 heavy (non-hydrogen) atoms. The molecule has 2 rings (SSSR count). The van der Waals surface area contributed by atoms with Crippen LogP contribution < -0.4 is 0 Å². The summed E-state index contributed by atoms with van der Waals surface area (Å²) in [5.74, 6) is -2.07. The van der Waals surface area contributed by atoms with Gasteiger partial charge in [-0.25, -0.2) is 4.79 Å². The van der Waals surface area contributed by atoms with Crippen molar-refractivity contribution < 1.29 is 19.5 Å². The number of nitrogens with zero attached hydrogens (tertiary/aromatic N) is 1. The molecule has 3 atom stereocenters. The van der Waals surface area contributed by atoms with Crippen LogP contribution in [0, 0.1) is 5.92 Å². The first-order chi connectivity index (χ1) is 10.4. The molecular weight excluding hydrogens is 350 g/mol. The van der Waals surface area contributed by atoms with E-state index in [4.69, 9.17) is 5.11 Å². The number of ketones is 1. The van der Waals surface area contributed by atoms with Crippen molar-refractivity contribution in [2.75, 3.05) is 6.54 Å². The quantitative estimate of drug-likeness (QED) is 0.640. The second-order valence-electron chi connectivity index (χ2n) is 5.45. The standard InChI is InChI=1S/C16H18BrNO4/c1-10(13(17)14(19)11-6-3-2-4-7-11)15(20)18-9-5-8-12(18)16(21)22/h2-4,6-7,10,12-13H,5,8-9H2,1H3,(H,21,22)/t10?,12-,13?/m0/s1. The second kappa shape index (κ2) is 7.05. The van der Waals surface area contributed by atoms with Crippen LogP contribution in [0.1, 0.15) is 30.1 Å². The molecule has 0 saturated carbocycles. The topological polar surface area (TPSA) is 74.7 Å². The van der Waals surface area contributed by atoms with Crippen LogP contribution in [0.4, 0.5) is 0 Å². The maximum absolute atomic E-state index is 12.5. The first-order valence-corrected chi connectivity index (χ1v) is 8.11. The van der Waals surface area contributed by atoms with E-state index >= 15 is 0 Å². The summed E-state index contributed by atoms with van der Waals surface area (Å²) < 4.78 is 0. The van der Waals surface area contributed by atoms with Gasteiger partial charge in [0.05, 0.1) is 10.7 Å². The Balaban J connectivity index is 2.10. The molecule has 1 heterocycles. The Kier molecular flexibility index (Phi) is 5.34. The summed E-state index contributed by atoms with van der Waals surface area (Å²) in [6.45, 7) is 2.08. The molecule has 1 amide bonds. The highest BCUT2D eigenvalue weighted by Crippen LogP contribution is 2.25. The van der Waals surface area contributed by atoms with Crippen molar-refractivity contribution in [1.29, 1.82) is 0 Å². The molecule has 1 aromatic rings. The van der Waals surface area contributed by atoms with Gasteiger partial charge in [0.25, 0.3) is 0 Å². The number of carboxylic acid groups (broad SMARTS) is 1. The molecule has 1 fully saturated rings. The molecule has 0 spiro atoms. The predicted molar refractivity (Wildman–Crippen MR) is 85.0 cm³/mol. The van der Waals surface area contributed by atoms with Crippen molar-refractivity contribution in [1.82, 2.24) is 4.90 Å². The molecule has 0 aliphatic carbocycles. The zero-order valence-electron chi connectivity index (χ0n) is 12.2. The second-order valence-corrected chi connectivity index (χ2v) is 6.44. The van der Waals surface area contributed by atoms with Crippen LogP contribution in [-0.4, -0.2) is 45.1 Å². The zero-order valence-corrected chi connectivity index (χ0v) is 13.8. The molecule has 1 aromatic carbocycles. The van der Waals surface area contributed by atoms with E-state index in [9.17, 15) is 14.4 Å². The van der Waals surface area contributed by atoms with Gasteiger partial charge in [0.2, 0.25) is 5.91 Å². The van der Waals surface area contributed by atoms with Gasteiger partial charge >= 0.3 is 5.97 Å². The smallest absolute Gasteiger partial charge is 0.326 e. The number of halogens is 1. The van der Waals surface area contributed by atoms with Gasteiger partial charge in [0, 0.05) is 12.1 Å². The Bertz CT molecular complexity index is 575. The third-order valence-corrected chi connectivity index (χ3v) is 5.17. The van der Waals surface area contributed by atoms with Crippen molar-refractivity contribution in [3.63, 3.8) is 0 Å². The van der Waals surface area contributed by atoms with E-state index in [1.165, 1.54) is 4.90 Å². The van der Waals surface area contributed by atoms with Gasteiger partial charge in [-0.15, -0.1) is 0 Å². The maximum Gasteiger partial charge on any atom is 0.326 e. The van der Waals surface area contributed by atoms with Crippen molar-refractivity contribution in [2.24, 2.45) is 5.92 Å². The third kappa shape index (κ3) is 3.38. The molecule has 0 bridgehead atoms. The number of carbonyl (C=O) groups is 3. The van der Waals surface area contributed by atoms with Crippen LogP contribution in [0.25, 0.3) is 0 Å². The van der Waals surface area contributed by atoms with Crippen molar-refractivity contribution in [3.8, 4) is 0 Å². The molecule has 0 aromatic heterocycles. The number of carbonyl (C=O) groups excluding carboxylic acids is 2. The molecule has 118 valence electrons. The number of aliphatic carboxylic acids is 1. The monoisotopic (exact) mass is 367 g/mol.